The quantitative estimate of drug-likeness (QED) is 0.276. The van der Waals surface area contributed by atoms with Crippen molar-refractivity contribution in [3.05, 3.63) is 41.2 Å². The van der Waals surface area contributed by atoms with Gasteiger partial charge in [0.2, 0.25) is 0 Å². The molecule has 0 aromatic heterocycles. The lowest BCUT2D eigenvalue weighted by molar-refractivity contribution is -0.134. The summed E-state index contributed by atoms with van der Waals surface area (Å²) in [4.78, 5) is 19.4. The number of aliphatic carboxylic acids is 1. The van der Waals surface area contributed by atoms with Gasteiger partial charge in [0.15, 0.2) is 5.70 Å². The number of hydrogen-bond acceptors (Lipinski definition) is 5. The van der Waals surface area contributed by atoms with Gasteiger partial charge in [0.05, 0.1) is 5.69 Å². The number of rotatable bonds is 5. The molecule has 0 bridgehead atoms. The molecule has 0 atom stereocenters. The van der Waals surface area contributed by atoms with E-state index in [2.05, 4.69) is 0 Å². The molecule has 0 aliphatic rings. The molecular formula is C14H18F3N3O4. The van der Waals surface area contributed by atoms with Gasteiger partial charge in [0.1, 0.15) is 5.70 Å². The zero-order valence-electron chi connectivity index (χ0n) is 12.7. The van der Waals surface area contributed by atoms with Crippen molar-refractivity contribution in [1.29, 1.82) is 0 Å². The van der Waals surface area contributed by atoms with Crippen LogP contribution in [0.4, 0.5) is 18.9 Å². The van der Waals surface area contributed by atoms with Crippen molar-refractivity contribution in [3.63, 3.8) is 0 Å². The Labute approximate surface area is 135 Å². The second kappa shape index (κ2) is 9.40. The normalized spacial score (nSPS) is 11.7. The number of carboxylic acids is 1. The molecule has 1 rings (SSSR count). The monoisotopic (exact) mass is 349 g/mol. The van der Waals surface area contributed by atoms with Crippen LogP contribution in [0.5, 0.6) is 0 Å². The molecule has 134 valence electrons. The van der Waals surface area contributed by atoms with Gasteiger partial charge in [0, 0.05) is 0 Å². The lowest BCUT2D eigenvalue weighted by atomic mass is 10.1. The van der Waals surface area contributed by atoms with Crippen molar-refractivity contribution < 1.29 is 33.0 Å². The maximum Gasteiger partial charge on any atom is 0.433 e. The van der Waals surface area contributed by atoms with Crippen LogP contribution in [0.2, 0.25) is 0 Å². The number of hydrazine groups is 1. The largest absolute Gasteiger partial charge is 0.483 e. The van der Waals surface area contributed by atoms with Gasteiger partial charge >= 0.3 is 12.1 Å². The summed E-state index contributed by atoms with van der Waals surface area (Å²) in [6, 6.07) is 6.22. The Balaban J connectivity index is 0.00000163. The van der Waals surface area contributed by atoms with E-state index in [0.717, 1.165) is 18.4 Å². The summed E-state index contributed by atoms with van der Waals surface area (Å²) in [5.41, 5.74) is 2.96. The number of carboxylic acid groups (broad SMARTS) is 2. The van der Waals surface area contributed by atoms with Crippen molar-refractivity contribution in [1.82, 2.24) is 0 Å². The number of hydrogen-bond donors (Lipinski definition) is 4. The summed E-state index contributed by atoms with van der Waals surface area (Å²) >= 11 is 0. The second-order valence-corrected chi connectivity index (χ2v) is 4.46. The third kappa shape index (κ3) is 6.16. The molecule has 6 N–H and O–H groups in total. The summed E-state index contributed by atoms with van der Waals surface area (Å²) in [6.45, 7) is 1.73. The number of benzene rings is 1. The lowest BCUT2D eigenvalue weighted by Crippen LogP contribution is -2.39. The summed E-state index contributed by atoms with van der Waals surface area (Å²) < 4.78 is 37.7. The molecule has 0 fully saturated rings. The molecule has 0 aliphatic carbocycles. The van der Waals surface area contributed by atoms with Gasteiger partial charge in [-0.3, -0.25) is 9.80 Å². The first-order valence-electron chi connectivity index (χ1n) is 6.61. The molecule has 0 amide bonds. The molecule has 0 spiro atoms. The maximum absolute atomic E-state index is 12.6. The van der Waals surface area contributed by atoms with Gasteiger partial charge in [-0.2, -0.15) is 13.2 Å². The van der Waals surface area contributed by atoms with Gasteiger partial charge in [-0.25, -0.2) is 10.6 Å². The highest BCUT2D eigenvalue weighted by Gasteiger charge is 2.38. The van der Waals surface area contributed by atoms with Crippen LogP contribution < -0.4 is 16.6 Å². The number of anilines is 1. The van der Waals surface area contributed by atoms with E-state index in [1.54, 1.807) is 12.1 Å². The fourth-order valence-corrected chi connectivity index (χ4v) is 1.72. The Bertz CT molecular complexity index is 586. The number of alkyl halides is 3. The number of aryl methyl sites for hydroxylation is 1. The predicted octanol–water partition coefficient (Wildman–Crippen LogP) is 1.84. The van der Waals surface area contributed by atoms with E-state index < -0.39 is 23.5 Å². The molecule has 0 radical (unpaired) electrons. The highest BCUT2D eigenvalue weighted by molar-refractivity contribution is 5.91. The molecule has 0 saturated carbocycles. The number of halogens is 3. The molecule has 7 nitrogen and oxygen atoms in total. The summed E-state index contributed by atoms with van der Waals surface area (Å²) in [7, 11) is 0. The van der Waals surface area contributed by atoms with Crippen LogP contribution >= 0.6 is 0 Å². The van der Waals surface area contributed by atoms with Gasteiger partial charge in [0.25, 0.3) is 6.47 Å². The van der Waals surface area contributed by atoms with Crippen LogP contribution in [0, 0.1) is 0 Å². The highest BCUT2D eigenvalue weighted by atomic mass is 19.4. The lowest BCUT2D eigenvalue weighted by Gasteiger charge is -2.22. The fraction of sp³-hybridized carbons (Fsp3) is 0.286. The van der Waals surface area contributed by atoms with Crippen LogP contribution in [0.3, 0.4) is 0 Å². The van der Waals surface area contributed by atoms with E-state index in [1.165, 1.54) is 12.1 Å². The van der Waals surface area contributed by atoms with E-state index in [1.807, 2.05) is 6.92 Å². The van der Waals surface area contributed by atoms with Crippen LogP contribution in [0.15, 0.2) is 35.7 Å². The first kappa shape index (κ1) is 21.2. The highest BCUT2D eigenvalue weighted by Crippen LogP contribution is 2.27. The number of carbonyl (C=O) groups is 2. The SMILES string of the molecule is CCCc1ccc(N(N)/C(C(=O)O)=C(\N)C(F)(F)F)cc1.O=CO. The van der Waals surface area contributed by atoms with Crippen LogP contribution in [0.1, 0.15) is 18.9 Å². The zero-order chi connectivity index (χ0) is 18.9. The van der Waals surface area contributed by atoms with Crippen molar-refractivity contribution in [2.75, 3.05) is 5.01 Å². The Morgan fingerprint density at radius 3 is 2.08 bits per heavy atom. The van der Waals surface area contributed by atoms with Crippen LogP contribution in [-0.2, 0) is 16.0 Å². The standard InChI is InChI=1S/C13H16F3N3O2.CH2O2/c1-2-3-8-4-6-9(7-5-8)19(18)10(12(20)21)11(17)13(14,15)16;2-1-3/h4-7H,2-3,17-18H2,1H3,(H,20,21);1H,(H,2,3)/b11-10-;. The average Bonchev–Trinajstić information content (AvgIpc) is 2.48. The minimum absolute atomic E-state index is 0.0967. The average molecular weight is 349 g/mol. The molecule has 0 aliphatic heterocycles. The second-order valence-electron chi connectivity index (χ2n) is 4.46. The molecule has 1 aromatic rings. The Hall–Kier alpha value is -2.75. The van der Waals surface area contributed by atoms with Gasteiger partial charge in [-0.15, -0.1) is 0 Å². The maximum atomic E-state index is 12.6. The van der Waals surface area contributed by atoms with E-state index >= 15 is 0 Å². The van der Waals surface area contributed by atoms with E-state index in [0.29, 0.717) is 5.01 Å². The third-order valence-electron chi connectivity index (χ3n) is 2.76. The number of nitrogens with two attached hydrogens (primary N) is 2. The molecule has 1 aromatic carbocycles. The van der Waals surface area contributed by atoms with Crippen molar-refractivity contribution >= 4 is 18.1 Å². The molecule has 24 heavy (non-hydrogen) atoms. The zero-order valence-corrected chi connectivity index (χ0v) is 12.7. The Kier molecular flexibility index (Phi) is 8.33. The van der Waals surface area contributed by atoms with E-state index in [9.17, 15) is 18.0 Å². The first-order valence-corrected chi connectivity index (χ1v) is 6.61. The Morgan fingerprint density at radius 1 is 1.29 bits per heavy atom. The topological polar surface area (TPSA) is 130 Å². The summed E-state index contributed by atoms with van der Waals surface area (Å²) in [6.07, 6.45) is -3.27. The van der Waals surface area contributed by atoms with Gasteiger partial charge in [-0.1, -0.05) is 25.5 Å². The minimum atomic E-state index is -4.98. The van der Waals surface area contributed by atoms with Gasteiger partial charge in [-0.05, 0) is 24.1 Å². The fourth-order valence-electron chi connectivity index (χ4n) is 1.72. The first-order chi connectivity index (χ1) is 11.1. The van der Waals surface area contributed by atoms with Gasteiger partial charge < -0.3 is 15.9 Å². The third-order valence-corrected chi connectivity index (χ3v) is 2.76. The van der Waals surface area contributed by atoms with E-state index in [4.69, 9.17) is 26.6 Å². The van der Waals surface area contributed by atoms with Crippen LogP contribution in [0.25, 0.3) is 0 Å². The molecule has 0 unspecified atom stereocenters. The molecule has 10 heteroatoms. The van der Waals surface area contributed by atoms with Crippen molar-refractivity contribution in [2.45, 2.75) is 25.9 Å². The summed E-state index contributed by atoms with van der Waals surface area (Å²) in [5.74, 6) is 3.62. The number of nitrogens with zero attached hydrogens (tertiary/aromatic N) is 1. The molecule has 0 heterocycles. The minimum Gasteiger partial charge on any atom is -0.483 e. The predicted molar refractivity (Wildman–Crippen MR) is 80.7 cm³/mol. The number of allylic oxidation sites excluding steroid dienone is 1. The van der Waals surface area contributed by atoms with Crippen molar-refractivity contribution in [2.24, 2.45) is 11.6 Å². The van der Waals surface area contributed by atoms with Crippen molar-refractivity contribution in [3.8, 4) is 0 Å². The Morgan fingerprint density at radius 2 is 1.75 bits per heavy atom. The smallest absolute Gasteiger partial charge is 0.433 e. The summed E-state index contributed by atoms with van der Waals surface area (Å²) in [5, 5.41) is 16.2. The molecule has 0 saturated heterocycles. The van der Waals surface area contributed by atoms with E-state index in [-0.39, 0.29) is 12.2 Å². The molecular weight excluding hydrogens is 331 g/mol. The van der Waals surface area contributed by atoms with Crippen LogP contribution in [-0.4, -0.2) is 28.8 Å².